The van der Waals surface area contributed by atoms with E-state index in [0.717, 1.165) is 38.8 Å². The maximum absolute atomic E-state index is 12.9. The van der Waals surface area contributed by atoms with E-state index in [4.69, 9.17) is 0 Å². The molecule has 1 aliphatic heterocycles. The van der Waals surface area contributed by atoms with Crippen LogP contribution >= 0.6 is 0 Å². The van der Waals surface area contributed by atoms with Crippen LogP contribution in [-0.2, 0) is 16.4 Å². The molecule has 1 unspecified atom stereocenters. The highest BCUT2D eigenvalue weighted by Gasteiger charge is 2.32. The van der Waals surface area contributed by atoms with E-state index in [1.54, 1.807) is 16.4 Å². The number of sulfonamides is 1. The molecule has 0 saturated carbocycles. The highest BCUT2D eigenvalue weighted by Crippen LogP contribution is 2.22. The molecular weight excluding hydrogens is 284 g/mol. The zero-order valence-electron chi connectivity index (χ0n) is 13.0. The maximum atomic E-state index is 12.9. The van der Waals surface area contributed by atoms with Crippen molar-refractivity contribution >= 4 is 10.0 Å². The van der Waals surface area contributed by atoms with Crippen LogP contribution in [0.25, 0.3) is 0 Å². The predicted molar refractivity (Wildman–Crippen MR) is 85.9 cm³/mol. The van der Waals surface area contributed by atoms with E-state index in [0.29, 0.717) is 11.4 Å². The van der Waals surface area contributed by atoms with E-state index in [1.165, 1.54) is 5.56 Å². The first-order valence-corrected chi connectivity index (χ1v) is 9.35. The van der Waals surface area contributed by atoms with Gasteiger partial charge in [0, 0.05) is 19.1 Å². The molecule has 0 bridgehead atoms. The van der Waals surface area contributed by atoms with Crippen LogP contribution < -0.4 is 5.32 Å². The number of hydrogen-bond acceptors (Lipinski definition) is 3. The molecule has 21 heavy (non-hydrogen) atoms. The molecule has 1 aromatic carbocycles. The fourth-order valence-electron chi connectivity index (χ4n) is 2.86. The molecule has 118 valence electrons. The van der Waals surface area contributed by atoms with Gasteiger partial charge in [0.1, 0.15) is 0 Å². The predicted octanol–water partition coefficient (Wildman–Crippen LogP) is 2.40. The minimum atomic E-state index is -3.39. The van der Waals surface area contributed by atoms with Crippen molar-refractivity contribution in [2.75, 3.05) is 19.6 Å². The molecule has 4 nitrogen and oxygen atoms in total. The third kappa shape index (κ3) is 3.84. The van der Waals surface area contributed by atoms with E-state index in [9.17, 15) is 8.42 Å². The van der Waals surface area contributed by atoms with E-state index < -0.39 is 10.0 Å². The van der Waals surface area contributed by atoms with Crippen molar-refractivity contribution in [3.8, 4) is 0 Å². The van der Waals surface area contributed by atoms with Crippen molar-refractivity contribution in [1.82, 2.24) is 9.62 Å². The van der Waals surface area contributed by atoms with E-state index in [-0.39, 0.29) is 6.04 Å². The summed E-state index contributed by atoms with van der Waals surface area (Å²) in [4.78, 5) is 0.419. The van der Waals surface area contributed by atoms with Crippen molar-refractivity contribution in [2.45, 2.75) is 50.5 Å². The zero-order valence-corrected chi connectivity index (χ0v) is 13.8. The van der Waals surface area contributed by atoms with E-state index >= 15 is 0 Å². The highest BCUT2D eigenvalue weighted by atomic mass is 32.2. The first kappa shape index (κ1) is 16.5. The van der Waals surface area contributed by atoms with Crippen LogP contribution in [0.5, 0.6) is 0 Å². The number of aryl methyl sites for hydroxylation is 1. The lowest BCUT2D eigenvalue weighted by atomic mass is 10.1. The number of nitrogens with one attached hydrogen (secondary N) is 1. The molecule has 1 aromatic rings. The normalized spacial score (nSPS) is 19.3. The van der Waals surface area contributed by atoms with Crippen LogP contribution in [0.4, 0.5) is 0 Å². The lowest BCUT2D eigenvalue weighted by Crippen LogP contribution is -2.41. The molecule has 1 aliphatic rings. The summed E-state index contributed by atoms with van der Waals surface area (Å²) < 4.78 is 27.4. The Labute approximate surface area is 128 Å². The molecule has 1 atom stereocenters. The van der Waals surface area contributed by atoms with Gasteiger partial charge in [-0.2, -0.15) is 4.31 Å². The van der Waals surface area contributed by atoms with Crippen LogP contribution in [0.3, 0.4) is 0 Å². The van der Waals surface area contributed by atoms with Crippen molar-refractivity contribution < 1.29 is 8.42 Å². The summed E-state index contributed by atoms with van der Waals surface area (Å²) in [5.41, 5.74) is 1.20. The smallest absolute Gasteiger partial charge is 0.243 e. The molecule has 0 aromatic heterocycles. The van der Waals surface area contributed by atoms with Crippen LogP contribution in [0.15, 0.2) is 29.2 Å². The molecule has 0 aliphatic carbocycles. The van der Waals surface area contributed by atoms with Gasteiger partial charge >= 0.3 is 0 Å². The first-order chi connectivity index (χ1) is 10.1. The topological polar surface area (TPSA) is 49.4 Å². The lowest BCUT2D eigenvalue weighted by Gasteiger charge is -2.27. The molecule has 2 rings (SSSR count). The van der Waals surface area contributed by atoms with Gasteiger partial charge in [0.05, 0.1) is 4.90 Å². The summed E-state index contributed by atoms with van der Waals surface area (Å²) in [6.45, 7) is 6.39. The van der Waals surface area contributed by atoms with E-state index in [1.807, 2.05) is 19.1 Å². The number of hydrogen-bond donors (Lipinski definition) is 1. The van der Waals surface area contributed by atoms with Gasteiger partial charge in [0.15, 0.2) is 0 Å². The summed E-state index contributed by atoms with van der Waals surface area (Å²) in [6, 6.07) is 7.47. The highest BCUT2D eigenvalue weighted by molar-refractivity contribution is 7.89. The monoisotopic (exact) mass is 310 g/mol. The lowest BCUT2D eigenvalue weighted by molar-refractivity contribution is 0.335. The number of benzene rings is 1. The van der Waals surface area contributed by atoms with Crippen LogP contribution in [-0.4, -0.2) is 38.4 Å². The van der Waals surface area contributed by atoms with Gasteiger partial charge in [0.2, 0.25) is 10.0 Å². The average Bonchev–Trinajstić information content (AvgIpc) is 2.99. The molecule has 1 N–H and O–H groups in total. The Kier molecular flexibility index (Phi) is 5.79. The van der Waals surface area contributed by atoms with Crippen LogP contribution in [0.2, 0.25) is 0 Å². The Morgan fingerprint density at radius 2 is 1.90 bits per heavy atom. The fourth-order valence-corrected chi connectivity index (χ4v) is 4.60. The Morgan fingerprint density at radius 1 is 1.19 bits per heavy atom. The third-order valence-corrected chi connectivity index (χ3v) is 5.92. The quantitative estimate of drug-likeness (QED) is 0.841. The second-order valence-corrected chi connectivity index (χ2v) is 7.55. The summed E-state index contributed by atoms with van der Waals surface area (Å²) >= 11 is 0. The third-order valence-electron chi connectivity index (χ3n) is 3.95. The van der Waals surface area contributed by atoms with Crippen LogP contribution in [0.1, 0.15) is 38.7 Å². The summed E-state index contributed by atoms with van der Waals surface area (Å²) in [6.07, 6.45) is 3.80. The summed E-state index contributed by atoms with van der Waals surface area (Å²) in [5.74, 6) is 0. The molecule has 0 radical (unpaired) electrons. The van der Waals surface area contributed by atoms with Gasteiger partial charge in [-0.3, -0.25) is 0 Å². The molecule has 1 fully saturated rings. The van der Waals surface area contributed by atoms with Crippen LogP contribution in [0, 0.1) is 0 Å². The Morgan fingerprint density at radius 3 is 2.43 bits per heavy atom. The zero-order chi connectivity index (χ0) is 15.3. The van der Waals surface area contributed by atoms with Gasteiger partial charge in [0.25, 0.3) is 0 Å². The van der Waals surface area contributed by atoms with Gasteiger partial charge < -0.3 is 5.32 Å². The Balaban J connectivity index is 2.24. The summed E-state index contributed by atoms with van der Waals surface area (Å²) in [5, 5.41) is 3.25. The molecule has 1 saturated heterocycles. The second-order valence-electron chi connectivity index (χ2n) is 5.66. The second kappa shape index (κ2) is 7.38. The number of nitrogens with zero attached hydrogens (tertiary/aromatic N) is 1. The van der Waals surface area contributed by atoms with Gasteiger partial charge in [-0.25, -0.2) is 8.42 Å². The van der Waals surface area contributed by atoms with Gasteiger partial charge in [-0.15, -0.1) is 0 Å². The van der Waals surface area contributed by atoms with E-state index in [2.05, 4.69) is 12.2 Å². The first-order valence-electron chi connectivity index (χ1n) is 7.91. The van der Waals surface area contributed by atoms with Gasteiger partial charge in [-0.1, -0.05) is 32.4 Å². The van der Waals surface area contributed by atoms with Crippen molar-refractivity contribution in [3.05, 3.63) is 29.8 Å². The molecule has 1 heterocycles. The summed E-state index contributed by atoms with van der Waals surface area (Å²) in [7, 11) is -3.39. The van der Waals surface area contributed by atoms with Crippen molar-refractivity contribution in [1.29, 1.82) is 0 Å². The minimum Gasteiger partial charge on any atom is -0.315 e. The Bertz CT molecular complexity index is 534. The molecule has 5 heteroatoms. The minimum absolute atomic E-state index is 0.0882. The molecule has 0 amide bonds. The SMILES string of the molecule is CCCc1ccc(S(=O)(=O)N(CCC)C2CCNC2)cc1. The number of rotatable bonds is 7. The van der Waals surface area contributed by atoms with Crippen molar-refractivity contribution in [2.24, 2.45) is 0 Å². The average molecular weight is 310 g/mol. The fraction of sp³-hybridized carbons (Fsp3) is 0.625. The standard InChI is InChI=1S/C16H26N2O2S/c1-3-5-14-6-8-16(9-7-14)21(19,20)18(12-4-2)15-10-11-17-13-15/h6-9,15,17H,3-5,10-13H2,1-2H3. The van der Waals surface area contributed by atoms with Crippen molar-refractivity contribution in [3.63, 3.8) is 0 Å². The van der Waals surface area contributed by atoms with Gasteiger partial charge in [-0.05, 0) is 43.5 Å². The Hall–Kier alpha value is -0.910. The maximum Gasteiger partial charge on any atom is 0.243 e. The molecule has 0 spiro atoms. The largest absolute Gasteiger partial charge is 0.315 e. The molecular formula is C16H26N2O2S.